The van der Waals surface area contributed by atoms with Crippen molar-refractivity contribution in [2.24, 2.45) is 0 Å². The first-order chi connectivity index (χ1) is 37.9. The molecule has 0 radical (unpaired) electrons. The quantitative estimate of drug-likeness (QED) is 0.148. The van der Waals surface area contributed by atoms with E-state index in [2.05, 4.69) is 252 Å². The SMILES string of the molecule is CC(C)(C)c1cc2c3c(c1)N(c1ccccc1)c1cc4c(cc1B3c1ccccc1N2c1ccccc1)B1c2ccccc2N(c2ccccc2)c2cc(N(C3CCCCC3)C3CCCCC3)cc(c21)N4c1ccccc1. The van der Waals surface area contributed by atoms with Gasteiger partial charge in [0.2, 0.25) is 0 Å². The molecular weight excluding hydrogens is 932 g/mol. The minimum Gasteiger partial charge on any atom is -0.365 e. The minimum absolute atomic E-state index is 0.0296. The molecular formula is C70H65B2N5. The molecule has 376 valence electrons. The predicted octanol–water partition coefficient (Wildman–Crippen LogP) is 14.6. The normalized spacial score (nSPS) is 16.5. The number of benzene rings is 9. The van der Waals surface area contributed by atoms with Gasteiger partial charge in [0, 0.05) is 86.0 Å². The number of nitrogens with zero attached hydrogens (tertiary/aromatic N) is 5. The van der Waals surface area contributed by atoms with Crippen LogP contribution in [0.25, 0.3) is 0 Å². The molecule has 7 heteroatoms. The number of hydrogen-bond acceptors (Lipinski definition) is 5. The third-order valence-corrected chi connectivity index (χ3v) is 18.2. The summed E-state index contributed by atoms with van der Waals surface area (Å²) in [4.78, 5) is 13.4. The van der Waals surface area contributed by atoms with E-state index in [1.54, 1.807) is 0 Å². The van der Waals surface area contributed by atoms with Crippen LogP contribution in [0.1, 0.15) is 90.5 Å². The van der Waals surface area contributed by atoms with Crippen LogP contribution in [0.5, 0.6) is 0 Å². The number of fused-ring (bicyclic) bond motifs is 8. The van der Waals surface area contributed by atoms with Crippen molar-refractivity contribution >= 4 is 120 Å². The lowest BCUT2D eigenvalue weighted by Gasteiger charge is -2.48. The first kappa shape index (κ1) is 46.4. The van der Waals surface area contributed by atoms with E-state index in [0.29, 0.717) is 12.1 Å². The van der Waals surface area contributed by atoms with Crippen LogP contribution in [0.15, 0.2) is 206 Å². The Labute approximate surface area is 456 Å². The molecule has 9 aromatic rings. The van der Waals surface area contributed by atoms with Crippen molar-refractivity contribution in [2.75, 3.05) is 24.5 Å². The second kappa shape index (κ2) is 18.4. The zero-order valence-electron chi connectivity index (χ0n) is 44.7. The van der Waals surface area contributed by atoms with Gasteiger partial charge in [0.15, 0.2) is 0 Å². The van der Waals surface area contributed by atoms with Gasteiger partial charge in [-0.05, 0) is 160 Å². The Kier molecular flexibility index (Phi) is 11.1. The van der Waals surface area contributed by atoms with Crippen molar-refractivity contribution in [3.8, 4) is 0 Å². The van der Waals surface area contributed by atoms with Gasteiger partial charge in [-0.1, -0.05) is 175 Å². The van der Waals surface area contributed by atoms with Crippen molar-refractivity contribution in [3.05, 3.63) is 212 Å². The maximum Gasteiger partial charge on any atom is 0.252 e. The highest BCUT2D eigenvalue weighted by Gasteiger charge is 2.49. The second-order valence-electron chi connectivity index (χ2n) is 23.7. The number of hydrogen-bond donors (Lipinski definition) is 0. The second-order valence-corrected chi connectivity index (χ2v) is 23.7. The number of para-hydroxylation sites is 6. The standard InChI is InChI=1S/C70H65B2N5/c1-70(2,3)48-42-64-68-65(43-48)76(53-34-18-8-19-35-53)62-47-63-59(46-58(62)71(68)56-38-22-24-40-60(56)74(64)51-30-14-6-15-31-51)72-57-39-23-25-41-61(57)75(52-32-16-7-17-33-52)66-44-55(45-67(69(66)72)77(63)54-36-20-9-21-37-54)73(49-26-10-4-11-27-49)50-28-12-5-13-29-50/h6-9,14-25,30-47,49-50H,4-5,10-13,26-29H2,1-3H3. The van der Waals surface area contributed by atoms with Crippen LogP contribution < -0.4 is 57.3 Å². The third kappa shape index (κ3) is 7.43. The van der Waals surface area contributed by atoms with Gasteiger partial charge >= 0.3 is 0 Å². The van der Waals surface area contributed by atoms with E-state index in [1.807, 2.05) is 0 Å². The molecule has 77 heavy (non-hydrogen) atoms. The summed E-state index contributed by atoms with van der Waals surface area (Å²) >= 11 is 0. The van der Waals surface area contributed by atoms with Gasteiger partial charge in [-0.15, -0.1) is 0 Å². The van der Waals surface area contributed by atoms with E-state index in [-0.39, 0.29) is 18.8 Å². The van der Waals surface area contributed by atoms with Crippen LogP contribution in [0, 0.1) is 0 Å². The first-order valence-corrected chi connectivity index (χ1v) is 28.8. The molecule has 2 saturated carbocycles. The van der Waals surface area contributed by atoms with Crippen LogP contribution in [0.4, 0.5) is 73.9 Å². The summed E-state index contributed by atoms with van der Waals surface area (Å²) in [5.41, 5.74) is 25.4. The van der Waals surface area contributed by atoms with Crippen LogP contribution >= 0.6 is 0 Å². The van der Waals surface area contributed by atoms with Crippen molar-refractivity contribution in [2.45, 2.75) is 102 Å². The fraction of sp³-hybridized carbons (Fsp3) is 0.229. The fourth-order valence-electron chi connectivity index (χ4n) is 14.8. The molecule has 0 bridgehead atoms. The Balaban J connectivity index is 1.06. The van der Waals surface area contributed by atoms with Crippen LogP contribution in [0.2, 0.25) is 0 Å². The van der Waals surface area contributed by atoms with Crippen molar-refractivity contribution in [1.82, 2.24) is 0 Å². The average molecular weight is 998 g/mol. The van der Waals surface area contributed by atoms with Crippen LogP contribution in [-0.4, -0.2) is 25.5 Å². The van der Waals surface area contributed by atoms with E-state index in [0.717, 1.165) is 5.69 Å². The lowest BCUT2D eigenvalue weighted by molar-refractivity contribution is 0.340. The van der Waals surface area contributed by atoms with E-state index in [9.17, 15) is 0 Å². The molecule has 15 rings (SSSR count). The van der Waals surface area contributed by atoms with Crippen molar-refractivity contribution in [1.29, 1.82) is 0 Å². The molecule has 4 aliphatic heterocycles. The zero-order chi connectivity index (χ0) is 51.4. The summed E-state index contributed by atoms with van der Waals surface area (Å²) in [5, 5.41) is 0. The molecule has 0 unspecified atom stereocenters. The molecule has 0 saturated heterocycles. The lowest BCUT2D eigenvalue weighted by Crippen LogP contribution is -2.65. The summed E-state index contributed by atoms with van der Waals surface area (Å²) in [6.45, 7) is 7.04. The van der Waals surface area contributed by atoms with E-state index >= 15 is 0 Å². The Morgan fingerprint density at radius 3 is 1.05 bits per heavy atom. The highest BCUT2D eigenvalue weighted by Crippen LogP contribution is 2.51. The molecule has 0 spiro atoms. The number of anilines is 13. The molecule has 0 aromatic heterocycles. The number of rotatable bonds is 7. The van der Waals surface area contributed by atoms with Gasteiger partial charge in [0.1, 0.15) is 0 Å². The molecule has 4 heterocycles. The maximum atomic E-state index is 2.97. The molecule has 0 atom stereocenters. The molecule has 6 aliphatic rings. The monoisotopic (exact) mass is 998 g/mol. The van der Waals surface area contributed by atoms with E-state index < -0.39 is 0 Å². The Bertz CT molecular complexity index is 3680. The van der Waals surface area contributed by atoms with Crippen molar-refractivity contribution in [3.63, 3.8) is 0 Å². The summed E-state index contributed by atoms with van der Waals surface area (Å²) < 4.78 is 0. The third-order valence-electron chi connectivity index (χ3n) is 18.2. The van der Waals surface area contributed by atoms with Crippen LogP contribution in [-0.2, 0) is 5.41 Å². The molecule has 2 fully saturated rings. The highest BCUT2D eigenvalue weighted by molar-refractivity contribution is 7.03. The highest BCUT2D eigenvalue weighted by atomic mass is 15.2. The molecule has 0 N–H and O–H groups in total. The van der Waals surface area contributed by atoms with Gasteiger partial charge in [0.05, 0.1) is 0 Å². The smallest absolute Gasteiger partial charge is 0.252 e. The van der Waals surface area contributed by atoms with Gasteiger partial charge in [-0.3, -0.25) is 0 Å². The topological polar surface area (TPSA) is 16.2 Å². The first-order valence-electron chi connectivity index (χ1n) is 28.8. The van der Waals surface area contributed by atoms with Gasteiger partial charge < -0.3 is 24.5 Å². The minimum atomic E-state index is -0.118. The summed E-state index contributed by atoms with van der Waals surface area (Å²) in [7, 11) is 0. The molecule has 5 nitrogen and oxygen atoms in total. The average Bonchev–Trinajstić information content (AvgIpc) is 3.64. The Hall–Kier alpha value is -7.89. The Morgan fingerprint density at radius 2 is 0.675 bits per heavy atom. The summed E-state index contributed by atoms with van der Waals surface area (Å²) in [5.74, 6) is 0. The van der Waals surface area contributed by atoms with Gasteiger partial charge in [-0.25, -0.2) is 0 Å². The molecule has 0 amide bonds. The predicted molar refractivity (Wildman–Crippen MR) is 329 cm³/mol. The maximum absolute atomic E-state index is 2.97. The lowest BCUT2D eigenvalue weighted by atomic mass is 9.30. The molecule has 9 aromatic carbocycles. The van der Waals surface area contributed by atoms with Crippen LogP contribution in [0.3, 0.4) is 0 Å². The summed E-state index contributed by atoms with van der Waals surface area (Å²) in [6, 6.07) is 80.1. The molecule has 2 aliphatic carbocycles. The summed E-state index contributed by atoms with van der Waals surface area (Å²) in [6.07, 6.45) is 13.0. The Morgan fingerprint density at radius 1 is 0.338 bits per heavy atom. The largest absolute Gasteiger partial charge is 0.365 e. The van der Waals surface area contributed by atoms with Gasteiger partial charge in [-0.2, -0.15) is 0 Å². The van der Waals surface area contributed by atoms with Gasteiger partial charge in [0.25, 0.3) is 13.4 Å². The fourth-order valence-corrected chi connectivity index (χ4v) is 14.8. The van der Waals surface area contributed by atoms with Crippen molar-refractivity contribution < 1.29 is 0 Å². The van der Waals surface area contributed by atoms with E-state index in [1.165, 1.54) is 171 Å². The zero-order valence-corrected chi connectivity index (χ0v) is 44.7. The van der Waals surface area contributed by atoms with E-state index in [4.69, 9.17) is 0 Å².